The van der Waals surface area contributed by atoms with E-state index in [0.29, 0.717) is 11.5 Å². The zero-order valence-electron chi connectivity index (χ0n) is 14.4. The Morgan fingerprint density at radius 1 is 1.08 bits per heavy atom. The highest BCUT2D eigenvalue weighted by Gasteiger charge is 2.05. The Hall–Kier alpha value is -2.82. The number of ether oxygens (including phenoxy) is 2. The molecule has 0 spiro atoms. The summed E-state index contributed by atoms with van der Waals surface area (Å²) in [5, 5.41) is 4.00. The molecule has 0 unspecified atom stereocenters. The van der Waals surface area contributed by atoms with Gasteiger partial charge in [0.15, 0.2) is 0 Å². The summed E-state index contributed by atoms with van der Waals surface area (Å²) in [5.74, 6) is 1.18. The number of benzene rings is 2. The summed E-state index contributed by atoms with van der Waals surface area (Å²) >= 11 is 0. The second-order valence-corrected chi connectivity index (χ2v) is 5.50. The number of rotatable bonds is 6. The maximum atomic E-state index is 12.0. The van der Waals surface area contributed by atoms with E-state index in [0.717, 1.165) is 11.1 Å². The molecule has 0 heterocycles. The molecule has 0 aliphatic rings. The number of hydrazone groups is 1. The first kappa shape index (κ1) is 17.5. The van der Waals surface area contributed by atoms with Crippen LogP contribution in [0.4, 0.5) is 0 Å². The summed E-state index contributed by atoms with van der Waals surface area (Å²) in [4.78, 5) is 12.0. The largest absolute Gasteiger partial charge is 0.497 e. The van der Waals surface area contributed by atoms with E-state index in [4.69, 9.17) is 9.47 Å². The normalized spacial score (nSPS) is 10.7. The minimum atomic E-state index is -0.170. The fraction of sp³-hybridized carbons (Fsp3) is 0.263. The summed E-state index contributed by atoms with van der Waals surface area (Å²) in [7, 11) is 3.17. The van der Waals surface area contributed by atoms with Gasteiger partial charge in [-0.2, -0.15) is 5.10 Å². The molecule has 1 amide bonds. The number of hydrogen-bond acceptors (Lipinski definition) is 4. The second kappa shape index (κ2) is 8.15. The van der Waals surface area contributed by atoms with Crippen LogP contribution in [0.25, 0.3) is 0 Å². The quantitative estimate of drug-likeness (QED) is 0.656. The molecule has 5 nitrogen and oxygen atoms in total. The summed E-state index contributed by atoms with van der Waals surface area (Å²) < 4.78 is 10.4. The van der Waals surface area contributed by atoms with Gasteiger partial charge in [-0.25, -0.2) is 5.43 Å². The average molecular weight is 326 g/mol. The molecule has 0 atom stereocenters. The molecule has 5 heteroatoms. The van der Waals surface area contributed by atoms with E-state index in [9.17, 15) is 4.79 Å². The summed E-state index contributed by atoms with van der Waals surface area (Å²) in [5.41, 5.74) is 6.61. The summed E-state index contributed by atoms with van der Waals surface area (Å²) in [6.45, 7) is 4.08. The van der Waals surface area contributed by atoms with E-state index in [1.165, 1.54) is 11.1 Å². The Balaban J connectivity index is 2.00. The van der Waals surface area contributed by atoms with Crippen LogP contribution < -0.4 is 14.9 Å². The Morgan fingerprint density at radius 3 is 2.54 bits per heavy atom. The van der Waals surface area contributed by atoms with E-state index >= 15 is 0 Å². The zero-order valence-corrected chi connectivity index (χ0v) is 14.4. The van der Waals surface area contributed by atoms with Crippen LogP contribution >= 0.6 is 0 Å². The van der Waals surface area contributed by atoms with Gasteiger partial charge in [-0.15, -0.1) is 0 Å². The molecule has 0 aliphatic carbocycles. The average Bonchev–Trinajstić information content (AvgIpc) is 2.58. The Morgan fingerprint density at radius 2 is 1.88 bits per heavy atom. The van der Waals surface area contributed by atoms with Crippen molar-refractivity contribution in [2.45, 2.75) is 20.3 Å². The van der Waals surface area contributed by atoms with Gasteiger partial charge in [0, 0.05) is 5.56 Å². The molecule has 1 N–H and O–H groups in total. The molecule has 126 valence electrons. The zero-order chi connectivity index (χ0) is 17.5. The van der Waals surface area contributed by atoms with Crippen LogP contribution in [0.5, 0.6) is 11.5 Å². The molecular formula is C19H22N2O3. The number of nitrogens with one attached hydrogen (secondary N) is 1. The predicted octanol–water partition coefficient (Wildman–Crippen LogP) is 3.01. The third kappa shape index (κ3) is 4.59. The van der Waals surface area contributed by atoms with Crippen LogP contribution in [-0.2, 0) is 11.2 Å². The van der Waals surface area contributed by atoms with Crippen LogP contribution in [0.2, 0.25) is 0 Å². The van der Waals surface area contributed by atoms with Crippen molar-refractivity contribution in [3.05, 3.63) is 58.7 Å². The van der Waals surface area contributed by atoms with Gasteiger partial charge in [0.1, 0.15) is 11.5 Å². The van der Waals surface area contributed by atoms with Gasteiger partial charge in [-0.3, -0.25) is 4.79 Å². The van der Waals surface area contributed by atoms with E-state index in [-0.39, 0.29) is 12.3 Å². The highest BCUT2D eigenvalue weighted by Crippen LogP contribution is 2.22. The number of carbonyl (C=O) groups is 1. The van der Waals surface area contributed by atoms with E-state index in [2.05, 4.69) is 10.5 Å². The fourth-order valence-electron chi connectivity index (χ4n) is 2.25. The number of amides is 1. The van der Waals surface area contributed by atoms with Crippen molar-refractivity contribution in [1.29, 1.82) is 0 Å². The second-order valence-electron chi connectivity index (χ2n) is 5.50. The van der Waals surface area contributed by atoms with Crippen LogP contribution in [0.3, 0.4) is 0 Å². The molecule has 24 heavy (non-hydrogen) atoms. The number of carbonyl (C=O) groups excluding carboxylic acids is 1. The smallest absolute Gasteiger partial charge is 0.244 e. The van der Waals surface area contributed by atoms with E-state index < -0.39 is 0 Å². The SMILES string of the molecule is COc1ccc(OC)c(/C=N\NC(=O)Cc2ccc(C)c(C)c2)c1. The van der Waals surface area contributed by atoms with E-state index in [1.54, 1.807) is 38.6 Å². The Labute approximate surface area is 142 Å². The molecule has 2 aromatic rings. The van der Waals surface area contributed by atoms with Crippen LogP contribution in [0, 0.1) is 13.8 Å². The van der Waals surface area contributed by atoms with Crippen molar-refractivity contribution in [2.24, 2.45) is 5.10 Å². The predicted molar refractivity (Wildman–Crippen MR) is 94.9 cm³/mol. The molecule has 0 saturated carbocycles. The van der Waals surface area contributed by atoms with Crippen molar-refractivity contribution in [1.82, 2.24) is 5.43 Å². The van der Waals surface area contributed by atoms with Gasteiger partial charge in [0.25, 0.3) is 0 Å². The molecule has 0 radical (unpaired) electrons. The molecular weight excluding hydrogens is 304 g/mol. The highest BCUT2D eigenvalue weighted by atomic mass is 16.5. The van der Waals surface area contributed by atoms with Gasteiger partial charge in [-0.05, 0) is 48.7 Å². The number of aryl methyl sites for hydroxylation is 2. The van der Waals surface area contributed by atoms with Gasteiger partial charge in [0.05, 0.1) is 26.9 Å². The molecule has 0 saturated heterocycles. The topological polar surface area (TPSA) is 59.9 Å². The minimum Gasteiger partial charge on any atom is -0.497 e. The van der Waals surface area contributed by atoms with Crippen LogP contribution in [-0.4, -0.2) is 26.3 Å². The van der Waals surface area contributed by atoms with Crippen molar-refractivity contribution in [3.8, 4) is 11.5 Å². The Bertz CT molecular complexity index is 754. The van der Waals surface area contributed by atoms with E-state index in [1.807, 2.05) is 32.0 Å². The molecule has 0 aromatic heterocycles. The van der Waals surface area contributed by atoms with Gasteiger partial charge in [0.2, 0.25) is 5.91 Å². The number of methoxy groups -OCH3 is 2. The maximum absolute atomic E-state index is 12.0. The Kier molecular flexibility index (Phi) is 5.95. The molecule has 0 aliphatic heterocycles. The van der Waals surface area contributed by atoms with Crippen LogP contribution in [0.1, 0.15) is 22.3 Å². The summed E-state index contributed by atoms with van der Waals surface area (Å²) in [6, 6.07) is 11.4. The maximum Gasteiger partial charge on any atom is 0.244 e. The first-order chi connectivity index (χ1) is 11.5. The van der Waals surface area contributed by atoms with Crippen LogP contribution in [0.15, 0.2) is 41.5 Å². The molecule has 0 fully saturated rings. The van der Waals surface area contributed by atoms with Crippen molar-refractivity contribution < 1.29 is 14.3 Å². The van der Waals surface area contributed by atoms with Gasteiger partial charge in [-0.1, -0.05) is 18.2 Å². The first-order valence-electron chi connectivity index (χ1n) is 7.63. The highest BCUT2D eigenvalue weighted by molar-refractivity contribution is 5.86. The standard InChI is InChI=1S/C19H22N2O3/c1-13-5-6-15(9-14(13)2)10-19(22)21-20-12-16-11-17(23-3)7-8-18(16)24-4/h5-9,11-12H,10H2,1-4H3,(H,21,22)/b20-12-. The van der Waals surface area contributed by atoms with Crippen molar-refractivity contribution in [2.75, 3.05) is 14.2 Å². The molecule has 0 bridgehead atoms. The van der Waals surface area contributed by atoms with Crippen molar-refractivity contribution in [3.63, 3.8) is 0 Å². The monoisotopic (exact) mass is 326 g/mol. The summed E-state index contributed by atoms with van der Waals surface area (Å²) in [6.07, 6.45) is 1.83. The lowest BCUT2D eigenvalue weighted by Gasteiger charge is -2.07. The first-order valence-corrected chi connectivity index (χ1v) is 7.63. The third-order valence-corrected chi connectivity index (χ3v) is 3.77. The molecule has 2 aromatic carbocycles. The number of nitrogens with zero attached hydrogens (tertiary/aromatic N) is 1. The van der Waals surface area contributed by atoms with Gasteiger partial charge < -0.3 is 9.47 Å². The molecule has 2 rings (SSSR count). The van der Waals surface area contributed by atoms with Gasteiger partial charge >= 0.3 is 0 Å². The fourth-order valence-corrected chi connectivity index (χ4v) is 2.25. The lowest BCUT2D eigenvalue weighted by molar-refractivity contribution is -0.120. The lowest BCUT2D eigenvalue weighted by Crippen LogP contribution is -2.19. The minimum absolute atomic E-state index is 0.170. The van der Waals surface area contributed by atoms with Crippen molar-refractivity contribution >= 4 is 12.1 Å². The number of hydrogen-bond donors (Lipinski definition) is 1. The third-order valence-electron chi connectivity index (χ3n) is 3.77. The lowest BCUT2D eigenvalue weighted by atomic mass is 10.0.